The van der Waals surface area contributed by atoms with Gasteiger partial charge in [0.15, 0.2) is 0 Å². The van der Waals surface area contributed by atoms with Gasteiger partial charge in [0.1, 0.15) is 0 Å². The van der Waals surface area contributed by atoms with Crippen LogP contribution in [0.1, 0.15) is 47.6 Å². The second-order valence-corrected chi connectivity index (χ2v) is 7.94. The molecule has 2 aromatic rings. The molecule has 0 spiro atoms. The maximum Gasteiger partial charge on any atom is 0.303 e. The molecule has 0 saturated heterocycles. The smallest absolute Gasteiger partial charge is 0.303 e. The van der Waals surface area contributed by atoms with E-state index in [2.05, 4.69) is 47.0 Å². The molecule has 4 N–H and O–H groups in total. The Labute approximate surface area is 181 Å². The number of hydrogen-bond donors (Lipinski definition) is 4. The first-order chi connectivity index (χ1) is 14.5. The van der Waals surface area contributed by atoms with Gasteiger partial charge in [0.25, 0.3) is 0 Å². The minimum atomic E-state index is -1.08. The Morgan fingerprint density at radius 1 is 0.967 bits per heavy atom. The van der Waals surface area contributed by atoms with Gasteiger partial charge in [0.05, 0.1) is 29.6 Å². The van der Waals surface area contributed by atoms with E-state index in [-0.39, 0.29) is 12.8 Å². The number of fused-ring (bicyclic) bond motifs is 2. The summed E-state index contributed by atoms with van der Waals surface area (Å²) in [5.41, 5.74) is 6.90. The van der Waals surface area contributed by atoms with Crippen molar-refractivity contribution < 1.29 is 19.8 Å². The van der Waals surface area contributed by atoms with Crippen LogP contribution in [0.25, 0.3) is 0 Å². The second kappa shape index (κ2) is 10.5. The highest BCUT2D eigenvalue weighted by Gasteiger charge is 2.24. The van der Waals surface area contributed by atoms with Crippen LogP contribution in [0.3, 0.4) is 0 Å². The molecule has 0 amide bonds. The van der Waals surface area contributed by atoms with Crippen molar-refractivity contribution in [3.8, 4) is 0 Å². The van der Waals surface area contributed by atoms with E-state index in [1.807, 2.05) is 0 Å². The number of carboxylic acid groups (broad SMARTS) is 2. The summed E-state index contributed by atoms with van der Waals surface area (Å²) >= 11 is 6.54. The number of hydrogen-bond acceptors (Lipinski definition) is 4. The number of carboxylic acids is 2. The molecule has 160 valence electrons. The lowest BCUT2D eigenvalue weighted by Crippen LogP contribution is -2.16. The van der Waals surface area contributed by atoms with E-state index in [1.165, 1.54) is 22.3 Å². The first-order valence-electron chi connectivity index (χ1n) is 10.2. The Hall–Kier alpha value is -2.57. The summed E-state index contributed by atoms with van der Waals surface area (Å²) in [6.07, 6.45) is 3.85. The average molecular weight is 431 g/mol. The molecular weight excluding hydrogens is 404 g/mol. The van der Waals surface area contributed by atoms with Crippen LogP contribution >= 0.6 is 11.6 Å². The first-order valence-corrected chi connectivity index (χ1v) is 10.6. The average Bonchev–Trinajstić information content (AvgIpc) is 2.97. The monoisotopic (exact) mass is 430 g/mol. The highest BCUT2D eigenvalue weighted by molar-refractivity contribution is 6.33. The van der Waals surface area contributed by atoms with Gasteiger partial charge >= 0.3 is 11.9 Å². The van der Waals surface area contributed by atoms with Gasteiger partial charge in [-0.05, 0) is 67.1 Å². The lowest BCUT2D eigenvalue weighted by molar-refractivity contribution is -0.143. The van der Waals surface area contributed by atoms with Crippen molar-refractivity contribution in [1.82, 2.24) is 5.32 Å². The highest BCUT2D eigenvalue weighted by atomic mass is 35.5. The number of anilines is 1. The molecule has 2 aliphatic rings. The number of aryl methyl sites for hydroxylation is 1. The largest absolute Gasteiger partial charge is 0.481 e. The topological polar surface area (TPSA) is 98.7 Å². The van der Waals surface area contributed by atoms with E-state index >= 15 is 0 Å². The van der Waals surface area contributed by atoms with Crippen molar-refractivity contribution in [3.05, 3.63) is 63.7 Å². The van der Waals surface area contributed by atoms with Gasteiger partial charge in [-0.1, -0.05) is 41.9 Å². The molecule has 4 rings (SSSR count). The molecule has 0 aromatic heterocycles. The molecule has 7 heteroatoms. The molecule has 1 unspecified atom stereocenters. The van der Waals surface area contributed by atoms with E-state index in [9.17, 15) is 9.59 Å². The van der Waals surface area contributed by atoms with Gasteiger partial charge in [-0.2, -0.15) is 0 Å². The zero-order valence-electron chi connectivity index (χ0n) is 16.8. The fourth-order valence-corrected chi connectivity index (χ4v) is 4.23. The molecule has 0 saturated carbocycles. The van der Waals surface area contributed by atoms with Crippen LogP contribution in [0.5, 0.6) is 0 Å². The number of halogens is 1. The van der Waals surface area contributed by atoms with Crippen molar-refractivity contribution >= 4 is 29.2 Å². The minimum Gasteiger partial charge on any atom is -0.481 e. The van der Waals surface area contributed by atoms with Crippen LogP contribution in [0.4, 0.5) is 5.69 Å². The zero-order valence-corrected chi connectivity index (χ0v) is 17.5. The Balaban J connectivity index is 0.000000275. The van der Waals surface area contributed by atoms with Gasteiger partial charge in [-0.25, -0.2) is 0 Å². The summed E-state index contributed by atoms with van der Waals surface area (Å²) in [5, 5.41) is 23.9. The van der Waals surface area contributed by atoms with Crippen LogP contribution < -0.4 is 10.6 Å². The molecule has 6 nitrogen and oxygen atoms in total. The molecular formula is C23H27ClN2O4. The third kappa shape index (κ3) is 5.74. The third-order valence-electron chi connectivity index (χ3n) is 5.49. The van der Waals surface area contributed by atoms with E-state index in [0.717, 1.165) is 49.5 Å². The Morgan fingerprint density at radius 3 is 2.40 bits per heavy atom. The maximum absolute atomic E-state index is 9.64. The quantitative estimate of drug-likeness (QED) is 0.571. The Kier molecular flexibility index (Phi) is 7.71. The van der Waals surface area contributed by atoms with E-state index in [0.29, 0.717) is 6.04 Å². The molecule has 1 atom stereocenters. The minimum absolute atomic E-state index is 0.296. The van der Waals surface area contributed by atoms with Gasteiger partial charge in [-0.15, -0.1) is 0 Å². The Morgan fingerprint density at radius 2 is 1.67 bits per heavy atom. The lowest BCUT2D eigenvalue weighted by atomic mass is 9.99. The Bertz CT molecular complexity index is 902. The summed E-state index contributed by atoms with van der Waals surface area (Å²) in [5.74, 6) is -2.15. The molecule has 0 fully saturated rings. The number of benzene rings is 2. The van der Waals surface area contributed by atoms with E-state index in [1.54, 1.807) is 0 Å². The second-order valence-electron chi connectivity index (χ2n) is 7.53. The SMILES string of the molecule is Clc1ccc2c(c1NC1CCc3ccccc31)CCNCC2.O=C(O)CCC(=O)O. The zero-order chi connectivity index (χ0) is 21.5. The van der Waals surface area contributed by atoms with Crippen LogP contribution in [-0.4, -0.2) is 35.2 Å². The molecule has 2 aromatic carbocycles. The van der Waals surface area contributed by atoms with E-state index < -0.39 is 11.9 Å². The summed E-state index contributed by atoms with van der Waals surface area (Å²) < 4.78 is 0. The fourth-order valence-electron chi connectivity index (χ4n) is 3.99. The van der Waals surface area contributed by atoms with Crippen molar-refractivity contribution in [1.29, 1.82) is 0 Å². The van der Waals surface area contributed by atoms with Crippen molar-refractivity contribution in [2.24, 2.45) is 0 Å². The molecule has 1 aliphatic heterocycles. The van der Waals surface area contributed by atoms with Gasteiger partial charge in [0.2, 0.25) is 0 Å². The normalized spacial score (nSPS) is 17.0. The van der Waals surface area contributed by atoms with Gasteiger partial charge < -0.3 is 20.8 Å². The standard InChI is InChI=1S/C19H21ClN2.C4H6O4/c20-17-7-5-14-9-11-21-12-10-16(14)19(17)22-18-8-6-13-3-1-2-4-15(13)18;5-3(6)1-2-4(7)8/h1-5,7,18,21-22H,6,8-12H2;1-2H2,(H,5,6)(H,7,8). The summed E-state index contributed by atoms with van der Waals surface area (Å²) in [7, 11) is 0. The van der Waals surface area contributed by atoms with Crippen LogP contribution in [0.15, 0.2) is 36.4 Å². The van der Waals surface area contributed by atoms with Crippen LogP contribution in [-0.2, 0) is 28.9 Å². The van der Waals surface area contributed by atoms with Crippen LogP contribution in [0.2, 0.25) is 5.02 Å². The van der Waals surface area contributed by atoms with E-state index in [4.69, 9.17) is 21.8 Å². The lowest BCUT2D eigenvalue weighted by Gasteiger charge is -2.21. The fraction of sp³-hybridized carbons (Fsp3) is 0.391. The third-order valence-corrected chi connectivity index (χ3v) is 5.80. The highest BCUT2D eigenvalue weighted by Crippen LogP contribution is 2.38. The molecule has 0 bridgehead atoms. The number of aliphatic carboxylic acids is 2. The van der Waals surface area contributed by atoms with Gasteiger partial charge in [0, 0.05) is 0 Å². The van der Waals surface area contributed by atoms with Crippen molar-refractivity contribution in [3.63, 3.8) is 0 Å². The molecule has 0 radical (unpaired) electrons. The summed E-state index contributed by atoms with van der Waals surface area (Å²) in [4.78, 5) is 19.3. The molecule has 1 heterocycles. The predicted molar refractivity (Wildman–Crippen MR) is 117 cm³/mol. The molecule has 30 heavy (non-hydrogen) atoms. The maximum atomic E-state index is 9.64. The molecule has 1 aliphatic carbocycles. The van der Waals surface area contributed by atoms with Crippen LogP contribution in [0, 0.1) is 0 Å². The van der Waals surface area contributed by atoms with Gasteiger partial charge in [-0.3, -0.25) is 9.59 Å². The number of carbonyl (C=O) groups is 2. The van der Waals surface area contributed by atoms with Crippen molar-refractivity contribution in [2.45, 2.75) is 44.6 Å². The summed E-state index contributed by atoms with van der Waals surface area (Å²) in [6.45, 7) is 2.09. The summed E-state index contributed by atoms with van der Waals surface area (Å²) in [6, 6.07) is 13.4. The predicted octanol–water partition coefficient (Wildman–Crippen LogP) is 4.06. The first kappa shape index (κ1) is 22.1. The van der Waals surface area contributed by atoms with Crippen molar-refractivity contribution in [2.75, 3.05) is 18.4 Å². The number of rotatable bonds is 5. The number of nitrogens with one attached hydrogen (secondary N) is 2.